The van der Waals surface area contributed by atoms with Crippen molar-refractivity contribution < 1.29 is 26.4 Å². The predicted molar refractivity (Wildman–Crippen MR) is 138 cm³/mol. The van der Waals surface area contributed by atoms with Crippen molar-refractivity contribution in [2.45, 2.75) is 129 Å². The zero-order valence-corrected chi connectivity index (χ0v) is 23.3. The number of rotatable bonds is 23. The van der Waals surface area contributed by atoms with E-state index in [0.717, 1.165) is 43.7 Å². The van der Waals surface area contributed by atoms with E-state index in [-0.39, 0.29) is 12.4 Å². The number of hydrogen-bond donors (Lipinski definition) is 0. The van der Waals surface area contributed by atoms with Gasteiger partial charge < -0.3 is 21.6 Å². The van der Waals surface area contributed by atoms with Gasteiger partial charge in [-0.3, -0.25) is 9.69 Å². The van der Waals surface area contributed by atoms with E-state index in [1.165, 1.54) is 116 Å². The van der Waals surface area contributed by atoms with Crippen LogP contribution in [0.1, 0.15) is 129 Å². The Hall–Kier alpha value is -0.320. The third kappa shape index (κ3) is 16.1. The minimum Gasteiger partial charge on any atom is -1.00 e. The molecule has 1 rings (SSSR count). The van der Waals surface area contributed by atoms with Gasteiger partial charge in [-0.25, -0.2) is 0 Å². The summed E-state index contributed by atoms with van der Waals surface area (Å²) in [5.74, 6) is 0.372. The van der Waals surface area contributed by atoms with Crippen LogP contribution < -0.4 is 12.4 Å². The molecule has 0 bridgehead atoms. The summed E-state index contributed by atoms with van der Waals surface area (Å²) in [5.41, 5.74) is 0. The Morgan fingerprint density at radius 1 is 0.727 bits per heavy atom. The molecule has 0 N–H and O–H groups in total. The Morgan fingerprint density at radius 2 is 1.18 bits per heavy atom. The molecule has 0 radical (unpaired) electrons. The number of likely N-dealkylation sites (tertiary alicyclic amines) is 1. The molecule has 198 valence electrons. The second kappa shape index (κ2) is 22.2. The van der Waals surface area contributed by atoms with Crippen molar-refractivity contribution >= 4 is 5.91 Å². The molecule has 1 fully saturated rings. The molecule has 1 amide bonds. The zero-order chi connectivity index (χ0) is 23.3. The molecular formula is C28H57ClN2O2. The van der Waals surface area contributed by atoms with E-state index in [1.54, 1.807) is 0 Å². The van der Waals surface area contributed by atoms with Gasteiger partial charge in [0.2, 0.25) is 5.91 Å². The highest BCUT2D eigenvalue weighted by atomic mass is 35.5. The van der Waals surface area contributed by atoms with Crippen molar-refractivity contribution in [1.82, 2.24) is 4.90 Å². The summed E-state index contributed by atoms with van der Waals surface area (Å²) < 4.78 is 6.60. The molecule has 1 aliphatic heterocycles. The molecule has 0 spiro atoms. The largest absolute Gasteiger partial charge is 1.00 e. The van der Waals surface area contributed by atoms with Crippen molar-refractivity contribution in [2.75, 3.05) is 46.6 Å². The van der Waals surface area contributed by atoms with Crippen LogP contribution in [0.25, 0.3) is 0 Å². The Bertz CT molecular complexity index is 428. The standard InChI is InChI=1S/C28H57N2O2.ClH/c1-4-6-8-10-12-14-16-18-23-30(25-26-32-3,27-29-22-20-21-28(29)31)24-19-17-15-13-11-9-7-5-2;/h4-27H2,1-3H3;1H/q+1;/p-1. The number of hydrogen-bond acceptors (Lipinski definition) is 2. The molecule has 1 aliphatic rings. The summed E-state index contributed by atoms with van der Waals surface area (Å²) in [4.78, 5) is 14.6. The van der Waals surface area contributed by atoms with Gasteiger partial charge in [-0.2, -0.15) is 0 Å². The maximum atomic E-state index is 12.4. The van der Waals surface area contributed by atoms with Crippen LogP contribution in [-0.4, -0.2) is 61.9 Å². The highest BCUT2D eigenvalue weighted by Gasteiger charge is 2.33. The highest BCUT2D eigenvalue weighted by Crippen LogP contribution is 2.20. The normalized spacial score (nSPS) is 14.2. The molecule has 0 aromatic carbocycles. The van der Waals surface area contributed by atoms with E-state index in [9.17, 15) is 4.79 Å². The van der Waals surface area contributed by atoms with Crippen LogP contribution in [0.4, 0.5) is 0 Å². The molecular weight excluding hydrogens is 432 g/mol. The van der Waals surface area contributed by atoms with Gasteiger partial charge in [-0.1, -0.05) is 90.9 Å². The third-order valence-corrected chi connectivity index (χ3v) is 7.38. The molecule has 0 aromatic heterocycles. The van der Waals surface area contributed by atoms with Crippen LogP contribution in [-0.2, 0) is 9.53 Å². The minimum absolute atomic E-state index is 0. The lowest BCUT2D eigenvalue weighted by molar-refractivity contribution is -0.936. The third-order valence-electron chi connectivity index (χ3n) is 7.38. The molecule has 5 heteroatoms. The Morgan fingerprint density at radius 3 is 1.58 bits per heavy atom. The number of unbranched alkanes of at least 4 members (excludes halogenated alkanes) is 14. The van der Waals surface area contributed by atoms with Gasteiger partial charge in [0, 0.05) is 20.1 Å². The van der Waals surface area contributed by atoms with Gasteiger partial charge in [0.1, 0.15) is 6.54 Å². The van der Waals surface area contributed by atoms with Crippen molar-refractivity contribution in [3.05, 3.63) is 0 Å². The molecule has 1 saturated heterocycles. The monoisotopic (exact) mass is 488 g/mol. The number of ether oxygens (including phenoxy) is 1. The van der Waals surface area contributed by atoms with Crippen molar-refractivity contribution in [1.29, 1.82) is 0 Å². The smallest absolute Gasteiger partial charge is 0.226 e. The highest BCUT2D eigenvalue weighted by molar-refractivity contribution is 5.77. The van der Waals surface area contributed by atoms with Crippen LogP contribution in [0.15, 0.2) is 0 Å². The summed E-state index contributed by atoms with van der Waals surface area (Å²) in [5, 5.41) is 0. The lowest BCUT2D eigenvalue weighted by Crippen LogP contribution is -3.00. The minimum atomic E-state index is 0. The number of amides is 1. The summed E-state index contributed by atoms with van der Waals surface area (Å²) in [7, 11) is 1.82. The second-order valence-electron chi connectivity index (χ2n) is 10.4. The molecule has 33 heavy (non-hydrogen) atoms. The molecule has 0 aliphatic carbocycles. The molecule has 0 saturated carbocycles. The van der Waals surface area contributed by atoms with Crippen LogP contribution in [0.3, 0.4) is 0 Å². The first kappa shape index (κ1) is 32.7. The van der Waals surface area contributed by atoms with Crippen LogP contribution >= 0.6 is 0 Å². The van der Waals surface area contributed by atoms with Gasteiger partial charge in [0.15, 0.2) is 6.67 Å². The zero-order valence-electron chi connectivity index (χ0n) is 22.6. The van der Waals surface area contributed by atoms with Crippen LogP contribution in [0.2, 0.25) is 0 Å². The Labute approximate surface area is 213 Å². The first-order valence-corrected chi connectivity index (χ1v) is 14.3. The number of carbonyl (C=O) groups is 1. The number of methoxy groups -OCH3 is 1. The predicted octanol–water partition coefficient (Wildman–Crippen LogP) is 4.31. The average Bonchev–Trinajstić information content (AvgIpc) is 3.20. The van der Waals surface area contributed by atoms with Crippen molar-refractivity contribution in [3.8, 4) is 0 Å². The van der Waals surface area contributed by atoms with Gasteiger partial charge in [-0.15, -0.1) is 0 Å². The maximum Gasteiger partial charge on any atom is 0.226 e. The first-order valence-electron chi connectivity index (χ1n) is 14.3. The fourth-order valence-electron chi connectivity index (χ4n) is 5.21. The number of nitrogens with zero attached hydrogens (tertiary/aromatic N) is 2. The molecule has 0 aromatic rings. The quantitative estimate of drug-likeness (QED) is 0.158. The van der Waals surface area contributed by atoms with Gasteiger partial charge in [0.05, 0.1) is 19.7 Å². The van der Waals surface area contributed by atoms with E-state index in [4.69, 9.17) is 4.74 Å². The lowest BCUT2D eigenvalue weighted by atomic mass is 10.1. The summed E-state index contributed by atoms with van der Waals surface area (Å²) in [6, 6.07) is 0. The van der Waals surface area contributed by atoms with Crippen LogP contribution in [0.5, 0.6) is 0 Å². The van der Waals surface area contributed by atoms with E-state index >= 15 is 0 Å². The van der Waals surface area contributed by atoms with E-state index in [0.29, 0.717) is 5.91 Å². The topological polar surface area (TPSA) is 29.5 Å². The fourth-order valence-corrected chi connectivity index (χ4v) is 5.21. The van der Waals surface area contributed by atoms with E-state index < -0.39 is 0 Å². The first-order chi connectivity index (χ1) is 15.7. The molecule has 1 heterocycles. The fraction of sp³-hybridized carbons (Fsp3) is 0.964. The maximum absolute atomic E-state index is 12.4. The van der Waals surface area contributed by atoms with Gasteiger partial charge in [0.25, 0.3) is 0 Å². The number of halogens is 1. The summed E-state index contributed by atoms with van der Waals surface area (Å²) in [6.07, 6.45) is 23.6. The molecule has 0 atom stereocenters. The van der Waals surface area contributed by atoms with Crippen molar-refractivity contribution in [3.63, 3.8) is 0 Å². The summed E-state index contributed by atoms with van der Waals surface area (Å²) in [6.45, 7) is 10.7. The number of quaternary nitrogens is 1. The van der Waals surface area contributed by atoms with Crippen LogP contribution in [0, 0.1) is 0 Å². The van der Waals surface area contributed by atoms with Gasteiger partial charge in [-0.05, 0) is 32.1 Å². The van der Waals surface area contributed by atoms with Crippen molar-refractivity contribution in [2.24, 2.45) is 0 Å². The molecule has 4 nitrogen and oxygen atoms in total. The Kier molecular flexibility index (Phi) is 21.9. The average molecular weight is 489 g/mol. The van der Waals surface area contributed by atoms with E-state index in [1.807, 2.05) is 7.11 Å². The lowest BCUT2D eigenvalue weighted by Gasteiger charge is -2.41. The summed E-state index contributed by atoms with van der Waals surface area (Å²) >= 11 is 0. The molecule has 0 unspecified atom stereocenters. The second-order valence-corrected chi connectivity index (χ2v) is 10.4. The number of carbonyl (C=O) groups excluding carboxylic acids is 1. The Balaban J connectivity index is 0.0000102. The van der Waals surface area contributed by atoms with Gasteiger partial charge >= 0.3 is 0 Å². The SMILES string of the molecule is CCCCCCCCCC[N+](CCCCCCCCCC)(CCOC)CN1CCCC1=O.[Cl-]. The van der Waals surface area contributed by atoms with E-state index in [2.05, 4.69) is 18.7 Å².